The topological polar surface area (TPSA) is 58.7 Å². The van der Waals surface area contributed by atoms with Gasteiger partial charge in [-0.05, 0) is 63.1 Å². The lowest BCUT2D eigenvalue weighted by Crippen LogP contribution is -2.50. The number of amides is 2. The maximum Gasteiger partial charge on any atom is 0.247 e. The first-order valence-corrected chi connectivity index (χ1v) is 12.4. The van der Waals surface area contributed by atoms with Crippen LogP contribution in [0.1, 0.15) is 70.9 Å². The van der Waals surface area contributed by atoms with E-state index in [-0.39, 0.29) is 30.3 Å². The van der Waals surface area contributed by atoms with Gasteiger partial charge in [0.1, 0.15) is 18.3 Å². The average Bonchev–Trinajstić information content (AvgIpc) is 3.54. The van der Waals surface area contributed by atoms with Gasteiger partial charge in [-0.1, -0.05) is 38.8 Å². The highest BCUT2D eigenvalue weighted by Crippen LogP contribution is 2.42. The van der Waals surface area contributed by atoms with E-state index in [9.17, 15) is 9.59 Å². The zero-order chi connectivity index (χ0) is 24.2. The molecule has 3 aromatic rings. The smallest absolute Gasteiger partial charge is 0.247 e. The molecule has 0 radical (unpaired) electrons. The van der Waals surface area contributed by atoms with Crippen molar-refractivity contribution >= 4 is 17.5 Å². The van der Waals surface area contributed by atoms with Gasteiger partial charge in [0.15, 0.2) is 0 Å². The molecule has 2 unspecified atom stereocenters. The Labute approximate surface area is 202 Å². The Hall–Kier alpha value is -3.28. The van der Waals surface area contributed by atoms with E-state index in [2.05, 4.69) is 18.4 Å². The van der Waals surface area contributed by atoms with Crippen molar-refractivity contribution in [2.24, 2.45) is 5.92 Å². The van der Waals surface area contributed by atoms with Gasteiger partial charge in [-0.2, -0.15) is 0 Å². The van der Waals surface area contributed by atoms with Crippen LogP contribution in [0.4, 0.5) is 5.69 Å². The Morgan fingerprint density at radius 2 is 1.79 bits per heavy atom. The number of nitrogens with zero attached hydrogens (tertiary/aromatic N) is 3. The van der Waals surface area contributed by atoms with Crippen LogP contribution in [0.5, 0.6) is 0 Å². The second-order valence-electron chi connectivity index (χ2n) is 9.28. The Morgan fingerprint density at radius 1 is 1.03 bits per heavy atom. The van der Waals surface area contributed by atoms with Gasteiger partial charge in [0.25, 0.3) is 0 Å². The normalized spacial score (nSPS) is 15.7. The monoisotopic (exact) mass is 461 g/mol. The molecule has 180 valence electrons. The lowest BCUT2D eigenvalue weighted by molar-refractivity contribution is -0.141. The Kier molecular flexibility index (Phi) is 7.25. The number of para-hydroxylation sites is 2. The van der Waals surface area contributed by atoms with Crippen LogP contribution in [-0.2, 0) is 9.59 Å². The molecule has 0 spiro atoms. The number of carbonyl (C=O) groups is 2. The standard InChI is InChI=1S/C28H35N3O3/c1-5-7-12-21(6-2)28(33)30(20(3)4)19-26(32)31-23-14-9-8-13-22(23)29-17-10-15-24(29)27(31)25-16-11-18-34-25/h8-11,13-18,20-21,27H,5-7,12,19H2,1-4H3. The predicted molar refractivity (Wildman–Crippen MR) is 134 cm³/mol. The second-order valence-corrected chi connectivity index (χ2v) is 9.28. The molecule has 3 heterocycles. The molecule has 0 saturated heterocycles. The van der Waals surface area contributed by atoms with E-state index in [1.54, 1.807) is 16.1 Å². The number of benzene rings is 1. The van der Waals surface area contributed by atoms with Crippen molar-refractivity contribution in [1.29, 1.82) is 0 Å². The minimum Gasteiger partial charge on any atom is -0.467 e. The third-order valence-corrected chi connectivity index (χ3v) is 6.76. The predicted octanol–water partition coefficient (Wildman–Crippen LogP) is 5.96. The molecular weight excluding hydrogens is 426 g/mol. The lowest BCUT2D eigenvalue weighted by Gasteiger charge is -2.39. The maximum absolute atomic E-state index is 14.0. The average molecular weight is 462 g/mol. The van der Waals surface area contributed by atoms with E-state index in [1.807, 2.05) is 68.6 Å². The highest BCUT2D eigenvalue weighted by Gasteiger charge is 2.39. The second kappa shape index (κ2) is 10.3. The SMILES string of the molecule is CCCCC(CC)C(=O)N(CC(=O)N1c2ccccc2-n2cccc2C1c1ccco1)C(C)C. The van der Waals surface area contributed by atoms with E-state index < -0.39 is 6.04 Å². The van der Waals surface area contributed by atoms with Crippen LogP contribution in [0.3, 0.4) is 0 Å². The van der Waals surface area contributed by atoms with E-state index in [1.165, 1.54) is 0 Å². The molecule has 0 saturated carbocycles. The summed E-state index contributed by atoms with van der Waals surface area (Å²) in [5.41, 5.74) is 2.71. The van der Waals surface area contributed by atoms with Gasteiger partial charge < -0.3 is 13.9 Å². The summed E-state index contributed by atoms with van der Waals surface area (Å²) in [6, 6.07) is 15.2. The number of hydrogen-bond donors (Lipinski definition) is 0. The van der Waals surface area contributed by atoms with E-state index in [0.717, 1.165) is 42.8 Å². The Bertz CT molecular complexity index is 1120. The number of aromatic nitrogens is 1. The molecule has 6 nitrogen and oxygen atoms in total. The number of fused-ring (bicyclic) bond motifs is 3. The van der Waals surface area contributed by atoms with Crippen LogP contribution in [0, 0.1) is 5.92 Å². The molecule has 34 heavy (non-hydrogen) atoms. The van der Waals surface area contributed by atoms with Crippen LogP contribution in [0.15, 0.2) is 65.4 Å². The van der Waals surface area contributed by atoms with Crippen molar-refractivity contribution in [2.75, 3.05) is 11.4 Å². The largest absolute Gasteiger partial charge is 0.467 e. The minimum absolute atomic E-state index is 0.0331. The summed E-state index contributed by atoms with van der Waals surface area (Å²) in [6.45, 7) is 8.19. The van der Waals surface area contributed by atoms with Crippen LogP contribution < -0.4 is 4.90 Å². The first-order chi connectivity index (χ1) is 16.5. The van der Waals surface area contributed by atoms with Crippen molar-refractivity contribution in [1.82, 2.24) is 9.47 Å². The summed E-state index contributed by atoms with van der Waals surface area (Å²) in [6.07, 6.45) is 7.36. The summed E-state index contributed by atoms with van der Waals surface area (Å²) < 4.78 is 7.91. The fourth-order valence-electron chi connectivity index (χ4n) is 4.90. The molecule has 1 aromatic carbocycles. The molecule has 2 amide bonds. The molecule has 0 bridgehead atoms. The van der Waals surface area contributed by atoms with Gasteiger partial charge >= 0.3 is 0 Å². The number of unbranched alkanes of at least 4 members (excludes halogenated alkanes) is 1. The van der Waals surface area contributed by atoms with Crippen molar-refractivity contribution in [3.8, 4) is 5.69 Å². The van der Waals surface area contributed by atoms with E-state index >= 15 is 0 Å². The third-order valence-electron chi connectivity index (χ3n) is 6.76. The molecule has 0 aliphatic carbocycles. The quantitative estimate of drug-likeness (QED) is 0.395. The molecule has 1 aliphatic heterocycles. The summed E-state index contributed by atoms with van der Waals surface area (Å²) in [5, 5.41) is 0. The van der Waals surface area contributed by atoms with Gasteiger partial charge in [-0.25, -0.2) is 0 Å². The third kappa shape index (κ3) is 4.41. The molecular formula is C28H35N3O3. The molecule has 2 aromatic heterocycles. The number of furan rings is 1. The highest BCUT2D eigenvalue weighted by atomic mass is 16.3. The summed E-state index contributed by atoms with van der Waals surface area (Å²) >= 11 is 0. The summed E-state index contributed by atoms with van der Waals surface area (Å²) in [4.78, 5) is 31.1. The first kappa shape index (κ1) is 23.9. The highest BCUT2D eigenvalue weighted by molar-refractivity contribution is 6.00. The minimum atomic E-state index is -0.404. The molecule has 0 N–H and O–H groups in total. The van der Waals surface area contributed by atoms with E-state index in [4.69, 9.17) is 4.42 Å². The van der Waals surface area contributed by atoms with Crippen LogP contribution in [0.2, 0.25) is 0 Å². The molecule has 0 fully saturated rings. The van der Waals surface area contributed by atoms with Gasteiger partial charge in [-0.15, -0.1) is 0 Å². The number of rotatable bonds is 9. The van der Waals surface area contributed by atoms with E-state index in [0.29, 0.717) is 5.76 Å². The summed E-state index contributed by atoms with van der Waals surface area (Å²) in [7, 11) is 0. The maximum atomic E-state index is 14.0. The zero-order valence-electron chi connectivity index (χ0n) is 20.6. The van der Waals surface area contributed by atoms with Crippen molar-refractivity contribution < 1.29 is 14.0 Å². The molecule has 4 rings (SSSR count). The van der Waals surface area contributed by atoms with Gasteiger partial charge in [0.2, 0.25) is 11.8 Å². The summed E-state index contributed by atoms with van der Waals surface area (Å²) in [5.74, 6) is 0.595. The van der Waals surface area contributed by atoms with Gasteiger partial charge in [0.05, 0.1) is 23.3 Å². The van der Waals surface area contributed by atoms with Crippen LogP contribution >= 0.6 is 0 Å². The van der Waals surface area contributed by atoms with Crippen molar-refractivity contribution in [2.45, 2.75) is 65.5 Å². The molecule has 6 heteroatoms. The van der Waals surface area contributed by atoms with Gasteiger partial charge in [-0.3, -0.25) is 14.5 Å². The Balaban J connectivity index is 1.71. The number of anilines is 1. The van der Waals surface area contributed by atoms with Crippen LogP contribution in [0.25, 0.3) is 5.69 Å². The fourth-order valence-corrected chi connectivity index (χ4v) is 4.90. The number of hydrogen-bond acceptors (Lipinski definition) is 3. The van der Waals surface area contributed by atoms with Crippen molar-refractivity contribution in [3.63, 3.8) is 0 Å². The zero-order valence-corrected chi connectivity index (χ0v) is 20.6. The lowest BCUT2D eigenvalue weighted by atomic mass is 9.97. The number of carbonyl (C=O) groups excluding carboxylic acids is 2. The van der Waals surface area contributed by atoms with Crippen LogP contribution in [-0.4, -0.2) is 33.9 Å². The first-order valence-electron chi connectivity index (χ1n) is 12.4. The fraction of sp³-hybridized carbons (Fsp3) is 0.429. The van der Waals surface area contributed by atoms with Gasteiger partial charge in [0, 0.05) is 18.2 Å². The Morgan fingerprint density at radius 3 is 2.44 bits per heavy atom. The molecule has 1 aliphatic rings. The van der Waals surface area contributed by atoms with Crippen molar-refractivity contribution in [3.05, 3.63) is 72.4 Å². The molecule has 2 atom stereocenters.